The fourth-order valence-corrected chi connectivity index (χ4v) is 1.30. The van der Waals surface area contributed by atoms with Crippen molar-refractivity contribution in [2.24, 2.45) is 0 Å². The quantitative estimate of drug-likeness (QED) is 0.589. The van der Waals surface area contributed by atoms with E-state index in [1.165, 1.54) is 13.0 Å². The van der Waals surface area contributed by atoms with Gasteiger partial charge in [-0.25, -0.2) is 0 Å². The Morgan fingerprint density at radius 3 is 2.65 bits per heavy atom. The first-order valence-corrected chi connectivity index (χ1v) is 4.61. The highest BCUT2D eigenvalue weighted by Gasteiger charge is 2.19. The molecule has 0 aromatic heterocycles. The largest absolute Gasteiger partial charge is 0.427 e. The van der Waals surface area contributed by atoms with Crippen LogP contribution in [0.25, 0.3) is 0 Å². The summed E-state index contributed by atoms with van der Waals surface area (Å²) in [5.74, 6) is -0.717. The van der Waals surface area contributed by atoms with Gasteiger partial charge < -0.3 is 4.74 Å². The van der Waals surface area contributed by atoms with Gasteiger partial charge in [0.2, 0.25) is 5.75 Å². The van der Waals surface area contributed by atoms with Crippen LogP contribution >= 0.6 is 0 Å². The monoisotopic (exact) mass is 245 g/mol. The topological polar surface area (TPSA) is 69.4 Å². The van der Waals surface area contributed by atoms with Crippen molar-refractivity contribution in [1.82, 2.24) is 0 Å². The van der Waals surface area contributed by atoms with Gasteiger partial charge in [0.1, 0.15) is 5.78 Å². The van der Waals surface area contributed by atoms with Crippen LogP contribution < -0.4 is 4.74 Å². The summed E-state index contributed by atoms with van der Waals surface area (Å²) in [5.41, 5.74) is -0.170. The van der Waals surface area contributed by atoms with Gasteiger partial charge in [0.15, 0.2) is 0 Å². The lowest BCUT2D eigenvalue weighted by Gasteiger charge is -2.06. The lowest BCUT2D eigenvalue weighted by Crippen LogP contribution is -2.06. The number of ether oxygens (including phenoxy) is 1. The van der Waals surface area contributed by atoms with E-state index >= 15 is 0 Å². The Kier molecular flexibility index (Phi) is 4.08. The molecule has 0 amide bonds. The van der Waals surface area contributed by atoms with Crippen molar-refractivity contribution in [2.45, 2.75) is 20.0 Å². The first kappa shape index (κ1) is 13.0. The summed E-state index contributed by atoms with van der Waals surface area (Å²) in [7, 11) is 0. The first-order chi connectivity index (χ1) is 7.90. The van der Waals surface area contributed by atoms with Crippen molar-refractivity contribution in [3.8, 4) is 5.75 Å². The lowest BCUT2D eigenvalue weighted by atomic mass is 10.1. The Labute approximate surface area is 95.2 Å². The summed E-state index contributed by atoms with van der Waals surface area (Å²) in [4.78, 5) is 20.6. The molecule has 92 valence electrons. The molecule has 17 heavy (non-hydrogen) atoms. The number of carbonyl (C=O) groups is 1. The zero-order chi connectivity index (χ0) is 13.0. The Bertz CT molecular complexity index is 448. The normalized spacial score (nSPS) is 10.4. The van der Waals surface area contributed by atoms with Gasteiger partial charge in [0.05, 0.1) is 4.92 Å². The second-order valence-electron chi connectivity index (χ2n) is 3.32. The van der Waals surface area contributed by atoms with Gasteiger partial charge in [-0.2, -0.15) is 8.78 Å². The van der Waals surface area contributed by atoms with Crippen molar-refractivity contribution in [3.63, 3.8) is 0 Å². The minimum atomic E-state index is -3.15. The van der Waals surface area contributed by atoms with Crippen molar-refractivity contribution >= 4 is 11.5 Å². The third kappa shape index (κ3) is 3.78. The standard InChI is InChI=1S/C10H9F2NO4/c1-6(14)4-7-2-3-8(13(15)16)9(5-7)17-10(11)12/h2-3,5,10H,4H2,1H3. The second kappa shape index (κ2) is 5.33. The lowest BCUT2D eigenvalue weighted by molar-refractivity contribution is -0.386. The molecule has 0 N–H and O–H groups in total. The first-order valence-electron chi connectivity index (χ1n) is 4.61. The van der Waals surface area contributed by atoms with Crippen LogP contribution in [0.4, 0.5) is 14.5 Å². The Balaban J connectivity index is 3.09. The average molecular weight is 245 g/mol. The molecule has 1 rings (SSSR count). The highest BCUT2D eigenvalue weighted by molar-refractivity contribution is 5.78. The summed E-state index contributed by atoms with van der Waals surface area (Å²) < 4.78 is 28.1. The van der Waals surface area contributed by atoms with E-state index in [9.17, 15) is 23.7 Å². The van der Waals surface area contributed by atoms with E-state index in [4.69, 9.17) is 0 Å². The molecular formula is C10H9F2NO4. The fourth-order valence-electron chi connectivity index (χ4n) is 1.30. The van der Waals surface area contributed by atoms with E-state index in [-0.39, 0.29) is 12.2 Å². The molecule has 0 saturated heterocycles. The summed E-state index contributed by atoms with van der Waals surface area (Å²) in [6.07, 6.45) is 0.0115. The number of nitro groups is 1. The zero-order valence-electron chi connectivity index (χ0n) is 8.85. The molecule has 1 aromatic rings. The van der Waals surface area contributed by atoms with E-state index in [0.717, 1.165) is 12.1 Å². The molecule has 0 aliphatic rings. The molecule has 0 aliphatic heterocycles. The zero-order valence-corrected chi connectivity index (χ0v) is 8.85. The average Bonchev–Trinajstić information content (AvgIpc) is 2.15. The number of alkyl halides is 2. The second-order valence-corrected chi connectivity index (χ2v) is 3.32. The van der Waals surface area contributed by atoms with Gasteiger partial charge in [0, 0.05) is 12.5 Å². The maximum atomic E-state index is 12.0. The van der Waals surface area contributed by atoms with Crippen LogP contribution in [0.3, 0.4) is 0 Å². The molecule has 0 aliphatic carbocycles. The molecule has 0 fully saturated rings. The van der Waals surface area contributed by atoms with Gasteiger partial charge >= 0.3 is 12.3 Å². The molecule has 5 nitrogen and oxygen atoms in total. The van der Waals surface area contributed by atoms with Crippen molar-refractivity contribution < 1.29 is 23.2 Å². The van der Waals surface area contributed by atoms with Gasteiger partial charge in [-0.1, -0.05) is 6.07 Å². The summed E-state index contributed by atoms with van der Waals surface area (Å²) >= 11 is 0. The molecular weight excluding hydrogens is 236 g/mol. The van der Waals surface area contributed by atoms with Crippen LogP contribution in [0.15, 0.2) is 18.2 Å². The number of ketones is 1. The van der Waals surface area contributed by atoms with Crippen LogP contribution in [0.2, 0.25) is 0 Å². The summed E-state index contributed by atoms with van der Waals surface area (Å²) in [5, 5.41) is 10.6. The van der Waals surface area contributed by atoms with E-state index in [0.29, 0.717) is 5.56 Å². The summed E-state index contributed by atoms with van der Waals surface area (Å²) in [6, 6.07) is 3.44. The minimum Gasteiger partial charge on any atom is -0.427 e. The minimum absolute atomic E-state index is 0.0115. The third-order valence-electron chi connectivity index (χ3n) is 1.89. The predicted molar refractivity (Wildman–Crippen MR) is 54.1 cm³/mol. The van der Waals surface area contributed by atoms with Crippen LogP contribution in [0, 0.1) is 10.1 Å². The number of rotatable bonds is 5. The number of nitro benzene ring substituents is 1. The number of carbonyl (C=O) groups excluding carboxylic acids is 1. The molecule has 7 heteroatoms. The highest BCUT2D eigenvalue weighted by atomic mass is 19.3. The van der Waals surface area contributed by atoms with Gasteiger partial charge in [-0.05, 0) is 18.6 Å². The van der Waals surface area contributed by atoms with Crippen LogP contribution in [-0.2, 0) is 11.2 Å². The number of nitrogens with zero attached hydrogens (tertiary/aromatic N) is 1. The third-order valence-corrected chi connectivity index (χ3v) is 1.89. The number of hydrogen-bond acceptors (Lipinski definition) is 4. The maximum Gasteiger partial charge on any atom is 0.387 e. The molecule has 1 aromatic carbocycles. The number of hydrogen-bond donors (Lipinski definition) is 0. The van der Waals surface area contributed by atoms with Crippen LogP contribution in [0.1, 0.15) is 12.5 Å². The Hall–Kier alpha value is -2.05. The van der Waals surface area contributed by atoms with Gasteiger partial charge in [0.25, 0.3) is 0 Å². The van der Waals surface area contributed by atoms with E-state index in [1.807, 2.05) is 0 Å². The van der Waals surface area contributed by atoms with Crippen LogP contribution in [0.5, 0.6) is 5.75 Å². The predicted octanol–water partition coefficient (Wildman–Crippen LogP) is 2.33. The van der Waals surface area contributed by atoms with Crippen molar-refractivity contribution in [1.29, 1.82) is 0 Å². The molecule has 0 saturated carbocycles. The molecule has 0 spiro atoms. The van der Waals surface area contributed by atoms with Crippen molar-refractivity contribution in [3.05, 3.63) is 33.9 Å². The van der Waals surface area contributed by atoms with E-state index in [2.05, 4.69) is 4.74 Å². The van der Waals surface area contributed by atoms with Crippen molar-refractivity contribution in [2.75, 3.05) is 0 Å². The number of halogens is 2. The fraction of sp³-hybridized carbons (Fsp3) is 0.300. The number of Topliss-reactive ketones (excluding diaryl/α,β-unsaturated/α-hetero) is 1. The molecule has 0 bridgehead atoms. The number of benzene rings is 1. The van der Waals surface area contributed by atoms with Gasteiger partial charge in [-0.15, -0.1) is 0 Å². The molecule has 0 radical (unpaired) electrons. The Morgan fingerprint density at radius 1 is 1.53 bits per heavy atom. The van der Waals surface area contributed by atoms with Crippen LogP contribution in [-0.4, -0.2) is 17.3 Å². The summed E-state index contributed by atoms with van der Waals surface area (Å²) in [6.45, 7) is -1.82. The molecule has 0 unspecified atom stereocenters. The van der Waals surface area contributed by atoms with Gasteiger partial charge in [-0.3, -0.25) is 14.9 Å². The van der Waals surface area contributed by atoms with E-state index < -0.39 is 23.0 Å². The van der Waals surface area contributed by atoms with E-state index in [1.54, 1.807) is 0 Å². The molecule has 0 atom stereocenters. The maximum absolute atomic E-state index is 12.0. The SMILES string of the molecule is CC(=O)Cc1ccc([N+](=O)[O-])c(OC(F)F)c1. The smallest absolute Gasteiger partial charge is 0.387 e. The Morgan fingerprint density at radius 2 is 2.18 bits per heavy atom. The molecule has 0 heterocycles. The highest BCUT2D eigenvalue weighted by Crippen LogP contribution is 2.29.